The molecule has 6 nitrogen and oxygen atoms in total. The molecule has 1 aliphatic rings. The predicted octanol–water partition coefficient (Wildman–Crippen LogP) is 3.79. The molecule has 3 rings (SSSR count). The number of carboxylic acids is 1. The van der Waals surface area contributed by atoms with Crippen LogP contribution in [0, 0.1) is 5.92 Å². The smallest absolute Gasteiger partial charge is 0.321 e. The number of halogens is 1. The zero-order valence-electron chi connectivity index (χ0n) is 12.7. The van der Waals surface area contributed by atoms with Crippen LogP contribution in [0.5, 0.6) is 0 Å². The number of urea groups is 1. The molecule has 1 unspecified atom stereocenters. The molecule has 2 aromatic rings. The molecular formula is C16H16ClN3O3S. The Kier molecular flexibility index (Phi) is 5.01. The van der Waals surface area contributed by atoms with Crippen molar-refractivity contribution in [2.75, 3.05) is 18.4 Å². The third kappa shape index (κ3) is 3.85. The molecule has 1 fully saturated rings. The Morgan fingerprint density at radius 1 is 1.33 bits per heavy atom. The highest BCUT2D eigenvalue weighted by atomic mass is 35.5. The number of aromatic nitrogens is 1. The van der Waals surface area contributed by atoms with Crippen molar-refractivity contribution in [3.05, 3.63) is 34.8 Å². The number of aliphatic carboxylic acids is 1. The van der Waals surface area contributed by atoms with Gasteiger partial charge in [-0.25, -0.2) is 4.79 Å². The van der Waals surface area contributed by atoms with E-state index in [2.05, 4.69) is 10.3 Å². The number of carbonyl (C=O) groups is 2. The van der Waals surface area contributed by atoms with Gasteiger partial charge in [0, 0.05) is 13.1 Å². The third-order valence-corrected chi connectivity index (χ3v) is 5.15. The number of likely N-dealkylation sites (tertiary alicyclic amines) is 1. The van der Waals surface area contributed by atoms with Crippen LogP contribution in [0.2, 0.25) is 4.34 Å². The Morgan fingerprint density at radius 3 is 2.79 bits per heavy atom. The molecule has 1 aliphatic heterocycles. The van der Waals surface area contributed by atoms with Crippen LogP contribution in [-0.4, -0.2) is 40.1 Å². The number of nitrogens with one attached hydrogen (secondary N) is 1. The lowest BCUT2D eigenvalue weighted by molar-refractivity contribution is -0.143. The summed E-state index contributed by atoms with van der Waals surface area (Å²) in [6.45, 7) is 0.801. The summed E-state index contributed by atoms with van der Waals surface area (Å²) in [6, 6.07) is 7.00. The number of hydrogen-bond donors (Lipinski definition) is 2. The minimum Gasteiger partial charge on any atom is -0.481 e. The van der Waals surface area contributed by atoms with Gasteiger partial charge in [0.2, 0.25) is 0 Å². The van der Waals surface area contributed by atoms with E-state index < -0.39 is 11.9 Å². The molecule has 8 heteroatoms. The van der Waals surface area contributed by atoms with Crippen LogP contribution in [0.25, 0.3) is 10.6 Å². The maximum atomic E-state index is 12.3. The largest absolute Gasteiger partial charge is 0.481 e. The first-order chi connectivity index (χ1) is 11.5. The van der Waals surface area contributed by atoms with Gasteiger partial charge in [0.25, 0.3) is 0 Å². The van der Waals surface area contributed by atoms with Crippen molar-refractivity contribution in [1.82, 2.24) is 9.88 Å². The molecule has 0 radical (unpaired) electrons. The highest BCUT2D eigenvalue weighted by Crippen LogP contribution is 2.30. The second-order valence-electron chi connectivity index (χ2n) is 5.59. The van der Waals surface area contributed by atoms with Gasteiger partial charge in [-0.15, -0.1) is 11.3 Å². The van der Waals surface area contributed by atoms with E-state index in [4.69, 9.17) is 16.7 Å². The van der Waals surface area contributed by atoms with Gasteiger partial charge in [0.05, 0.1) is 32.7 Å². The Bertz CT molecular complexity index is 747. The van der Waals surface area contributed by atoms with Gasteiger partial charge >= 0.3 is 12.0 Å². The molecular weight excluding hydrogens is 350 g/mol. The Balaban J connectivity index is 1.63. The van der Waals surface area contributed by atoms with Crippen LogP contribution < -0.4 is 5.32 Å². The minimum atomic E-state index is -0.854. The second kappa shape index (κ2) is 7.19. The van der Waals surface area contributed by atoms with Gasteiger partial charge in [0.15, 0.2) is 0 Å². The van der Waals surface area contributed by atoms with Gasteiger partial charge < -0.3 is 15.3 Å². The molecule has 3 heterocycles. The summed E-state index contributed by atoms with van der Waals surface area (Å²) in [5.74, 6) is -1.35. The molecule has 2 N–H and O–H groups in total. The summed E-state index contributed by atoms with van der Waals surface area (Å²) in [5.41, 5.74) is 1.36. The van der Waals surface area contributed by atoms with Crippen LogP contribution >= 0.6 is 22.9 Å². The second-order valence-corrected chi connectivity index (χ2v) is 7.30. The van der Waals surface area contributed by atoms with Gasteiger partial charge in [-0.2, -0.15) is 0 Å². The lowest BCUT2D eigenvalue weighted by atomic mass is 9.99. The number of hydrogen-bond acceptors (Lipinski definition) is 4. The molecule has 1 saturated heterocycles. The van der Waals surface area contributed by atoms with Gasteiger partial charge in [0.1, 0.15) is 0 Å². The number of piperidine rings is 1. The van der Waals surface area contributed by atoms with E-state index in [1.54, 1.807) is 12.3 Å². The first-order valence-corrected chi connectivity index (χ1v) is 8.73. The number of anilines is 1. The maximum Gasteiger partial charge on any atom is 0.321 e. The van der Waals surface area contributed by atoms with Crippen molar-refractivity contribution < 1.29 is 14.7 Å². The normalized spacial score (nSPS) is 17.5. The molecule has 0 bridgehead atoms. The average molecular weight is 366 g/mol. The zero-order chi connectivity index (χ0) is 17.1. The summed E-state index contributed by atoms with van der Waals surface area (Å²) in [5, 5.41) is 11.9. The SMILES string of the molecule is O=C(O)C1CCCN(C(=O)Nc2ccc(-c3ccc(Cl)s3)nc2)C1. The van der Waals surface area contributed by atoms with Crippen molar-refractivity contribution in [1.29, 1.82) is 0 Å². The van der Waals surface area contributed by atoms with Crippen molar-refractivity contribution >= 4 is 40.6 Å². The maximum absolute atomic E-state index is 12.3. The molecule has 126 valence electrons. The van der Waals surface area contributed by atoms with Crippen LogP contribution in [0.15, 0.2) is 30.5 Å². The van der Waals surface area contributed by atoms with Crippen LogP contribution in [0.4, 0.5) is 10.5 Å². The van der Waals surface area contributed by atoms with E-state index in [9.17, 15) is 9.59 Å². The number of thiophene rings is 1. The summed E-state index contributed by atoms with van der Waals surface area (Å²) in [6.07, 6.45) is 2.89. The van der Waals surface area contributed by atoms with Gasteiger partial charge in [-0.05, 0) is 37.1 Å². The standard InChI is InChI=1S/C16H16ClN3O3S/c17-14-6-5-13(24-14)12-4-3-11(8-18-12)19-16(23)20-7-1-2-10(9-20)15(21)22/h3-6,8,10H,1-2,7,9H2,(H,19,23)(H,21,22). The number of nitrogens with zero attached hydrogens (tertiary/aromatic N) is 2. The van der Waals surface area contributed by atoms with E-state index >= 15 is 0 Å². The molecule has 0 aliphatic carbocycles. The van der Waals surface area contributed by atoms with Crippen LogP contribution in [0.3, 0.4) is 0 Å². The summed E-state index contributed by atoms with van der Waals surface area (Å²) < 4.78 is 0.697. The van der Waals surface area contributed by atoms with E-state index in [0.717, 1.165) is 10.6 Å². The van der Waals surface area contributed by atoms with Crippen LogP contribution in [-0.2, 0) is 4.79 Å². The quantitative estimate of drug-likeness (QED) is 0.866. The molecule has 1 atom stereocenters. The monoisotopic (exact) mass is 365 g/mol. The Labute approximate surface area is 148 Å². The van der Waals surface area contributed by atoms with Crippen molar-refractivity contribution in [2.45, 2.75) is 12.8 Å². The number of carbonyl (C=O) groups excluding carboxylic acids is 1. The zero-order valence-corrected chi connectivity index (χ0v) is 14.3. The first kappa shape index (κ1) is 16.7. The molecule has 2 amide bonds. The van der Waals surface area contributed by atoms with Gasteiger partial charge in [-0.3, -0.25) is 9.78 Å². The van der Waals surface area contributed by atoms with Crippen molar-refractivity contribution in [2.24, 2.45) is 5.92 Å². The van der Waals surface area contributed by atoms with Gasteiger partial charge in [-0.1, -0.05) is 11.6 Å². The summed E-state index contributed by atoms with van der Waals surface area (Å²) >= 11 is 7.35. The fraction of sp³-hybridized carbons (Fsp3) is 0.312. The number of pyridine rings is 1. The molecule has 24 heavy (non-hydrogen) atoms. The Hall–Kier alpha value is -2.12. The average Bonchev–Trinajstić information content (AvgIpc) is 3.02. The molecule has 2 aromatic heterocycles. The van der Waals surface area contributed by atoms with E-state index in [0.29, 0.717) is 29.4 Å². The summed E-state index contributed by atoms with van der Waals surface area (Å²) in [4.78, 5) is 30.2. The molecule has 0 saturated carbocycles. The minimum absolute atomic E-state index is 0.236. The predicted molar refractivity (Wildman–Crippen MR) is 93.5 cm³/mol. The summed E-state index contributed by atoms with van der Waals surface area (Å²) in [7, 11) is 0. The van der Waals surface area contributed by atoms with Crippen molar-refractivity contribution in [3.63, 3.8) is 0 Å². The van der Waals surface area contributed by atoms with E-state index in [1.165, 1.54) is 16.2 Å². The Morgan fingerprint density at radius 2 is 2.17 bits per heavy atom. The highest BCUT2D eigenvalue weighted by Gasteiger charge is 2.28. The van der Waals surface area contributed by atoms with E-state index in [1.807, 2.05) is 18.2 Å². The van der Waals surface area contributed by atoms with Crippen molar-refractivity contribution in [3.8, 4) is 10.6 Å². The number of rotatable bonds is 3. The number of amides is 2. The fourth-order valence-corrected chi connectivity index (χ4v) is 3.65. The van der Waals surface area contributed by atoms with E-state index in [-0.39, 0.29) is 12.6 Å². The highest BCUT2D eigenvalue weighted by molar-refractivity contribution is 7.19. The molecule has 0 aromatic carbocycles. The topological polar surface area (TPSA) is 82.5 Å². The third-order valence-electron chi connectivity index (χ3n) is 3.90. The fourth-order valence-electron chi connectivity index (χ4n) is 2.63. The lowest BCUT2D eigenvalue weighted by Crippen LogP contribution is -2.44. The molecule has 0 spiro atoms. The number of carboxylic acid groups (broad SMARTS) is 1. The van der Waals surface area contributed by atoms with Crippen LogP contribution in [0.1, 0.15) is 12.8 Å². The lowest BCUT2D eigenvalue weighted by Gasteiger charge is -2.30. The first-order valence-electron chi connectivity index (χ1n) is 7.53.